The van der Waals surface area contributed by atoms with Crippen molar-refractivity contribution in [1.29, 1.82) is 0 Å². The van der Waals surface area contributed by atoms with Crippen molar-refractivity contribution < 1.29 is 0 Å². The highest BCUT2D eigenvalue weighted by molar-refractivity contribution is 5.22. The van der Waals surface area contributed by atoms with Gasteiger partial charge in [-0.1, -0.05) is 116 Å². The minimum atomic E-state index is 0.655. The van der Waals surface area contributed by atoms with Crippen molar-refractivity contribution in [1.82, 2.24) is 0 Å². The summed E-state index contributed by atoms with van der Waals surface area (Å²) in [5, 5.41) is 0. The maximum atomic E-state index is 4.35. The summed E-state index contributed by atoms with van der Waals surface area (Å²) in [5.41, 5.74) is 12.4. The van der Waals surface area contributed by atoms with Gasteiger partial charge >= 0.3 is 0 Å². The molecular weight excluding hydrogens is 540 g/mol. The summed E-state index contributed by atoms with van der Waals surface area (Å²) in [4.78, 5) is 0. The van der Waals surface area contributed by atoms with E-state index in [4.69, 9.17) is 0 Å². The van der Waals surface area contributed by atoms with Crippen molar-refractivity contribution in [3.05, 3.63) is 95.2 Å². The van der Waals surface area contributed by atoms with Crippen molar-refractivity contribution in [2.75, 3.05) is 0 Å². The Hall–Kier alpha value is -2.08. The van der Waals surface area contributed by atoms with Crippen LogP contribution in [0, 0.1) is 40.9 Å². The van der Waals surface area contributed by atoms with Crippen LogP contribution in [0.2, 0.25) is 0 Å². The molecule has 0 bridgehead atoms. The molecule has 0 spiro atoms. The van der Waals surface area contributed by atoms with E-state index >= 15 is 0 Å². The van der Waals surface area contributed by atoms with E-state index in [1.54, 1.807) is 22.3 Å². The second-order valence-corrected chi connectivity index (χ2v) is 16.3. The van der Waals surface area contributed by atoms with E-state index in [1.165, 1.54) is 80.9 Å². The van der Waals surface area contributed by atoms with Gasteiger partial charge in [0.15, 0.2) is 0 Å². The van der Waals surface area contributed by atoms with E-state index in [-0.39, 0.29) is 0 Å². The summed E-state index contributed by atoms with van der Waals surface area (Å²) in [6.45, 7) is 38.5. The fourth-order valence-electron chi connectivity index (χ4n) is 8.30. The summed E-state index contributed by atoms with van der Waals surface area (Å²) in [6, 6.07) is 0. The highest BCUT2D eigenvalue weighted by Crippen LogP contribution is 2.70. The predicted octanol–water partition coefficient (Wildman–Crippen LogP) is 14.5. The molecule has 0 aliphatic heterocycles. The lowest BCUT2D eigenvalue weighted by molar-refractivity contribution is 0.280. The molecule has 5 rings (SSSR count). The quantitative estimate of drug-likeness (QED) is 0.214. The first-order chi connectivity index (χ1) is 21.1. The van der Waals surface area contributed by atoms with Crippen LogP contribution < -0.4 is 0 Å². The van der Waals surface area contributed by atoms with Gasteiger partial charge in [-0.25, -0.2) is 0 Å². The first-order valence-electron chi connectivity index (χ1n) is 18.3. The summed E-state index contributed by atoms with van der Waals surface area (Å²) in [7, 11) is 0. The lowest BCUT2D eigenvalue weighted by atomic mass is 9.80. The van der Waals surface area contributed by atoms with Crippen LogP contribution in [0.15, 0.2) is 95.2 Å². The van der Waals surface area contributed by atoms with E-state index in [9.17, 15) is 0 Å². The Kier molecular flexibility index (Phi) is 15.9. The minimum Gasteiger partial charge on any atom is -0.0998 e. The molecule has 0 heterocycles. The third-order valence-electron chi connectivity index (χ3n) is 11.8. The summed E-state index contributed by atoms with van der Waals surface area (Å²) >= 11 is 0. The van der Waals surface area contributed by atoms with Crippen LogP contribution in [0.5, 0.6) is 0 Å². The maximum Gasteiger partial charge on any atom is -0.0134 e. The standard InChI is InChI=1S/C15H24.3C10H16/c1-9-6-8-12-14(15(12,3)4)13-10(2)5-7-11(9)13;2*1-8(2)10-6-4-9(3)5-7-10;1-5-10(4)8-6-7-9(2)3/h10-14H,1,5-8H2,2-4H3;4H,5-7H2,1-3H3;4,10H,1,5-7H2,2-3H3;5,7H,1,4,6,8H2,2-3H3/t10-,11+,12-,13-,14-;;;/m1.../s1. The van der Waals surface area contributed by atoms with Crippen LogP contribution >= 0.6 is 0 Å². The molecule has 0 aromatic carbocycles. The molecule has 0 radical (unpaired) electrons. The van der Waals surface area contributed by atoms with Crippen molar-refractivity contribution in [3.8, 4) is 0 Å². The molecule has 0 N–H and O–H groups in total. The average Bonchev–Trinajstić information content (AvgIpc) is 3.38. The van der Waals surface area contributed by atoms with Crippen LogP contribution in [-0.2, 0) is 0 Å². The molecule has 5 aliphatic rings. The van der Waals surface area contributed by atoms with E-state index in [2.05, 4.69) is 114 Å². The monoisotopic (exact) mass is 613 g/mol. The molecule has 6 atom stereocenters. The fraction of sp³-hybridized carbons (Fsp3) is 0.644. The third-order valence-corrected chi connectivity index (χ3v) is 11.8. The molecule has 0 aromatic rings. The van der Waals surface area contributed by atoms with E-state index in [1.807, 2.05) is 6.08 Å². The smallest absolute Gasteiger partial charge is 0.0134 e. The molecule has 0 amide bonds. The van der Waals surface area contributed by atoms with Gasteiger partial charge in [0, 0.05) is 0 Å². The lowest BCUT2D eigenvalue weighted by Crippen LogP contribution is -2.18. The molecule has 0 heteroatoms. The highest BCUT2D eigenvalue weighted by Gasteiger charge is 2.64. The zero-order valence-electron chi connectivity index (χ0n) is 31.6. The van der Waals surface area contributed by atoms with Crippen LogP contribution in [0.3, 0.4) is 0 Å². The van der Waals surface area contributed by atoms with E-state index < -0.39 is 0 Å². The Labute approximate surface area is 281 Å². The minimum absolute atomic E-state index is 0.655. The van der Waals surface area contributed by atoms with Gasteiger partial charge in [-0.05, 0) is 166 Å². The molecule has 0 aromatic heterocycles. The van der Waals surface area contributed by atoms with Crippen LogP contribution in [0.1, 0.15) is 146 Å². The van der Waals surface area contributed by atoms with Crippen molar-refractivity contribution in [2.45, 2.75) is 146 Å². The predicted molar refractivity (Wildman–Crippen MR) is 204 cm³/mol. The Morgan fingerprint density at radius 1 is 0.889 bits per heavy atom. The zero-order chi connectivity index (χ0) is 33.9. The first-order valence-corrected chi connectivity index (χ1v) is 18.3. The summed E-state index contributed by atoms with van der Waals surface area (Å²) in [6.07, 6.45) is 24.1. The topological polar surface area (TPSA) is 0 Å². The number of hydrogen-bond donors (Lipinski definition) is 0. The molecule has 3 fully saturated rings. The Morgan fingerprint density at radius 2 is 1.56 bits per heavy atom. The fourth-order valence-corrected chi connectivity index (χ4v) is 8.30. The zero-order valence-corrected chi connectivity index (χ0v) is 31.6. The van der Waals surface area contributed by atoms with Gasteiger partial charge in [0.2, 0.25) is 0 Å². The van der Waals surface area contributed by atoms with Gasteiger partial charge in [0.05, 0.1) is 0 Å². The van der Waals surface area contributed by atoms with Gasteiger partial charge in [-0.15, -0.1) is 0 Å². The Morgan fingerprint density at radius 3 is 2.07 bits per heavy atom. The highest BCUT2D eigenvalue weighted by atomic mass is 14.7. The number of allylic oxidation sites excluding steroid dienone is 12. The van der Waals surface area contributed by atoms with Crippen LogP contribution in [-0.4, -0.2) is 0 Å². The number of fused-ring (bicyclic) bond motifs is 3. The van der Waals surface area contributed by atoms with Gasteiger partial charge < -0.3 is 0 Å². The maximum absolute atomic E-state index is 4.35. The van der Waals surface area contributed by atoms with Gasteiger partial charge in [0.1, 0.15) is 0 Å². The lowest BCUT2D eigenvalue weighted by Gasteiger charge is -2.25. The second-order valence-electron chi connectivity index (χ2n) is 16.3. The van der Waals surface area contributed by atoms with Gasteiger partial charge in [0.25, 0.3) is 0 Å². The molecule has 3 saturated carbocycles. The van der Waals surface area contributed by atoms with Crippen molar-refractivity contribution in [2.24, 2.45) is 40.9 Å². The Bertz CT molecular complexity index is 1150. The van der Waals surface area contributed by atoms with Gasteiger partial charge in [-0.2, -0.15) is 0 Å². The molecule has 5 aliphatic carbocycles. The number of rotatable bonds is 5. The summed E-state index contributed by atoms with van der Waals surface area (Å²) in [5.74, 6) is 5.64. The summed E-state index contributed by atoms with van der Waals surface area (Å²) < 4.78 is 0. The Balaban J connectivity index is 0.000000214. The van der Waals surface area contributed by atoms with Crippen molar-refractivity contribution >= 4 is 0 Å². The van der Waals surface area contributed by atoms with Crippen LogP contribution in [0.25, 0.3) is 0 Å². The average molecular weight is 613 g/mol. The van der Waals surface area contributed by atoms with E-state index in [0.29, 0.717) is 5.41 Å². The van der Waals surface area contributed by atoms with Crippen molar-refractivity contribution in [3.63, 3.8) is 0 Å². The second kappa shape index (κ2) is 18.3. The van der Waals surface area contributed by atoms with Crippen LogP contribution in [0.4, 0.5) is 0 Å². The molecule has 0 saturated heterocycles. The number of hydrogen-bond acceptors (Lipinski definition) is 0. The first kappa shape index (κ1) is 39.1. The molecule has 0 nitrogen and oxygen atoms in total. The molecule has 45 heavy (non-hydrogen) atoms. The molecule has 252 valence electrons. The SMILES string of the molecule is C=C(C)C1CC=C(C)CC1.C=C1CC[C@@H]2[C@H]([C@@H]3[C@H](C)CC[C@@H]13)C2(C)C.C=CC(=C)CCC=C(C)C.CC1=CCC(=C(C)C)CC1. The van der Waals surface area contributed by atoms with E-state index in [0.717, 1.165) is 53.9 Å². The largest absolute Gasteiger partial charge is 0.0998 e. The normalized spacial score (nSPS) is 29.1. The molecular formula is C45H72. The van der Waals surface area contributed by atoms with Gasteiger partial charge in [-0.3, -0.25) is 0 Å². The third kappa shape index (κ3) is 12.2. The molecule has 1 unspecified atom stereocenters.